The van der Waals surface area contributed by atoms with Crippen LogP contribution in [0, 0.1) is 0 Å². The molecule has 0 aliphatic rings. The Kier molecular flexibility index (Phi) is 7.86. The molecule has 9 aromatic rings. The van der Waals surface area contributed by atoms with E-state index in [0.717, 1.165) is 0 Å². The molecule has 0 spiro atoms. The maximum atomic E-state index is 2.53. The molecule has 0 saturated heterocycles. The van der Waals surface area contributed by atoms with Gasteiger partial charge >= 0.3 is 0 Å². The first-order valence-electron chi connectivity index (χ1n) is 18.9. The van der Waals surface area contributed by atoms with Gasteiger partial charge in [0.05, 0.1) is 22.1 Å². The predicted octanol–water partition coefficient (Wildman–Crippen LogP) is -4.46. The second kappa shape index (κ2) is 12.4. The number of hydrogen-bond acceptors (Lipinski definition) is 0. The van der Waals surface area contributed by atoms with Crippen molar-refractivity contribution in [1.29, 1.82) is 0 Å². The minimum atomic E-state index is 1.18. The fraction of sp³-hybridized carbons (Fsp3) is 0. The zero-order valence-corrected chi connectivity index (χ0v) is 32.4. The first kappa shape index (κ1) is 33.6. The first-order valence-corrected chi connectivity index (χ1v) is 18.9. The highest BCUT2D eigenvalue weighted by atomic mass is 15.0. The Balaban J connectivity index is 1.25. The van der Waals surface area contributed by atoms with Crippen LogP contribution in [0.4, 0.5) is 0 Å². The second-order valence-corrected chi connectivity index (χ2v) is 15.2. The quantitative estimate of drug-likeness (QED) is 0.168. The predicted molar refractivity (Wildman–Crippen MR) is 260 cm³/mol. The molecular formula is C42H37B9N2. The fourth-order valence-corrected chi connectivity index (χ4v) is 9.28. The third kappa shape index (κ3) is 4.86. The average molecular weight is 667 g/mol. The maximum absolute atomic E-state index is 2.53. The number of hydrogen-bond donors (Lipinski definition) is 0. The van der Waals surface area contributed by atoms with E-state index < -0.39 is 0 Å². The fourth-order valence-electron chi connectivity index (χ4n) is 9.28. The van der Waals surface area contributed by atoms with Crippen molar-refractivity contribution < 1.29 is 0 Å². The number of rotatable bonds is 4. The molecule has 2 nitrogen and oxygen atoms in total. The molecule has 0 amide bonds. The number of para-hydroxylation sites is 3. The molecule has 0 fully saturated rings. The van der Waals surface area contributed by atoms with E-state index in [4.69, 9.17) is 0 Å². The van der Waals surface area contributed by atoms with E-state index >= 15 is 0 Å². The SMILES string of the molecule is Bc1c(B)c(B)c(-c2c(B)c(B)c(-n3c4ccccc4c4cc(-c5ccc6c(c5)c5ccccc5n6-c5ccccc5)ccc43)c(B)c2B)c(B)c1B. The van der Waals surface area contributed by atoms with Gasteiger partial charge in [-0.25, -0.2) is 0 Å². The number of benzene rings is 7. The van der Waals surface area contributed by atoms with Crippen molar-refractivity contribution in [2.45, 2.75) is 0 Å². The van der Waals surface area contributed by atoms with Gasteiger partial charge in [-0.2, -0.15) is 0 Å². The van der Waals surface area contributed by atoms with Crippen LogP contribution in [-0.2, 0) is 0 Å². The maximum Gasteiger partial charge on any atom is 0.141 e. The highest BCUT2D eigenvalue weighted by Gasteiger charge is 2.23. The Bertz CT molecular complexity index is 2940. The Morgan fingerprint density at radius 2 is 0.679 bits per heavy atom. The summed E-state index contributed by atoms with van der Waals surface area (Å²) in [4.78, 5) is 0. The lowest BCUT2D eigenvalue weighted by Gasteiger charge is -2.28. The van der Waals surface area contributed by atoms with Crippen LogP contribution in [0.25, 0.3) is 77.2 Å². The third-order valence-corrected chi connectivity index (χ3v) is 12.8. The van der Waals surface area contributed by atoms with Crippen LogP contribution in [0.3, 0.4) is 0 Å². The van der Waals surface area contributed by atoms with E-state index in [1.54, 1.807) is 0 Å². The Morgan fingerprint density at radius 1 is 0.302 bits per heavy atom. The highest BCUT2D eigenvalue weighted by molar-refractivity contribution is 6.70. The van der Waals surface area contributed by atoms with Gasteiger partial charge in [-0.15, -0.1) is 16.4 Å². The van der Waals surface area contributed by atoms with Gasteiger partial charge in [-0.1, -0.05) is 99.5 Å². The molecule has 0 atom stereocenters. The van der Waals surface area contributed by atoms with Crippen molar-refractivity contribution in [3.8, 4) is 33.6 Å². The summed E-state index contributed by atoms with van der Waals surface area (Å²) in [5.41, 5.74) is 25.1. The molecule has 0 radical (unpaired) electrons. The zero-order valence-electron chi connectivity index (χ0n) is 32.4. The smallest absolute Gasteiger partial charge is 0.141 e. The summed E-state index contributed by atoms with van der Waals surface area (Å²) in [6.45, 7) is 0. The largest absolute Gasteiger partial charge is 0.310 e. The van der Waals surface area contributed by atoms with Crippen molar-refractivity contribution >= 4 is 163 Å². The van der Waals surface area contributed by atoms with Crippen molar-refractivity contribution in [2.24, 2.45) is 0 Å². The van der Waals surface area contributed by atoms with Crippen LogP contribution >= 0.6 is 0 Å². The molecule has 0 saturated carbocycles. The molecule has 53 heavy (non-hydrogen) atoms. The van der Waals surface area contributed by atoms with Crippen LogP contribution < -0.4 is 49.2 Å². The van der Waals surface area contributed by atoms with Crippen LogP contribution in [-0.4, -0.2) is 79.8 Å². The van der Waals surface area contributed by atoms with Gasteiger partial charge in [-0.05, 0) is 70.8 Å². The van der Waals surface area contributed by atoms with Crippen molar-refractivity contribution in [2.75, 3.05) is 0 Å². The van der Waals surface area contributed by atoms with Crippen molar-refractivity contribution in [3.63, 3.8) is 0 Å². The van der Waals surface area contributed by atoms with Gasteiger partial charge in [0.2, 0.25) is 0 Å². The molecular weight excluding hydrogens is 630 g/mol. The summed E-state index contributed by atoms with van der Waals surface area (Å²) in [5, 5.41) is 5.10. The van der Waals surface area contributed by atoms with E-state index in [1.165, 1.54) is 126 Å². The van der Waals surface area contributed by atoms with E-state index in [9.17, 15) is 0 Å². The lowest BCUT2D eigenvalue weighted by Crippen LogP contribution is -2.57. The molecule has 242 valence electrons. The standard InChI is InChI=1S/C42H37B9N2/c43-33-31(34(44)38(48)39(49)37(33)47)32-35(45)40(50)42(41(51)36(32)46)53-28-13-7-5-11-24(28)26-19-21(15-17-30(26)53)20-14-16-29-25(18-20)23-10-4-6-12-27(23)52(29)22-8-2-1-3-9-22/h1-19H,43-51H2. The first-order chi connectivity index (χ1) is 25.6. The highest BCUT2D eigenvalue weighted by Crippen LogP contribution is 2.37. The van der Waals surface area contributed by atoms with E-state index in [-0.39, 0.29) is 0 Å². The van der Waals surface area contributed by atoms with Gasteiger partial charge in [-0.3, -0.25) is 0 Å². The van der Waals surface area contributed by atoms with Gasteiger partial charge in [0.15, 0.2) is 0 Å². The molecule has 0 N–H and O–H groups in total. The molecule has 0 bridgehead atoms. The lowest BCUT2D eigenvalue weighted by molar-refractivity contribution is 1.18. The Labute approximate surface area is 320 Å². The van der Waals surface area contributed by atoms with Crippen LogP contribution in [0.15, 0.2) is 115 Å². The normalized spacial score (nSPS) is 11.7. The number of nitrogens with zero attached hydrogens (tertiary/aromatic N) is 2. The molecule has 2 aromatic heterocycles. The van der Waals surface area contributed by atoms with Gasteiger partial charge in [0.25, 0.3) is 0 Å². The van der Waals surface area contributed by atoms with Gasteiger partial charge < -0.3 is 9.13 Å². The monoisotopic (exact) mass is 668 g/mol. The molecule has 0 unspecified atom stereocenters. The summed E-state index contributed by atoms with van der Waals surface area (Å²) in [6.07, 6.45) is 0. The van der Waals surface area contributed by atoms with E-state index in [2.05, 4.69) is 195 Å². The van der Waals surface area contributed by atoms with Gasteiger partial charge in [0.1, 0.15) is 70.6 Å². The Hall–Kier alpha value is -5.28. The minimum Gasteiger partial charge on any atom is -0.310 e. The van der Waals surface area contributed by atoms with E-state index in [0.29, 0.717) is 0 Å². The van der Waals surface area contributed by atoms with Crippen LogP contribution in [0.1, 0.15) is 0 Å². The minimum absolute atomic E-state index is 1.18. The summed E-state index contributed by atoms with van der Waals surface area (Å²) in [7, 11) is 20.8. The molecule has 9 rings (SSSR count). The van der Waals surface area contributed by atoms with Gasteiger partial charge in [0, 0.05) is 32.9 Å². The van der Waals surface area contributed by atoms with Crippen molar-refractivity contribution in [1.82, 2.24) is 9.13 Å². The van der Waals surface area contributed by atoms with Crippen LogP contribution in [0.5, 0.6) is 0 Å². The zero-order chi connectivity index (χ0) is 36.9. The molecule has 0 aliphatic carbocycles. The molecule has 0 aliphatic heterocycles. The van der Waals surface area contributed by atoms with Crippen LogP contribution in [0.2, 0.25) is 0 Å². The second-order valence-electron chi connectivity index (χ2n) is 15.2. The Morgan fingerprint density at radius 3 is 1.19 bits per heavy atom. The molecule has 2 heterocycles. The molecule has 7 aromatic carbocycles. The lowest BCUT2D eigenvalue weighted by atomic mass is 9.56. The third-order valence-electron chi connectivity index (χ3n) is 12.8. The average Bonchev–Trinajstić information content (AvgIpc) is 3.69. The van der Waals surface area contributed by atoms with Crippen molar-refractivity contribution in [3.05, 3.63) is 115 Å². The number of fused-ring (bicyclic) bond motifs is 6. The topological polar surface area (TPSA) is 9.86 Å². The number of aromatic nitrogens is 2. The molecule has 11 heteroatoms. The summed E-state index contributed by atoms with van der Waals surface area (Å²) in [6, 6.07) is 42.4. The van der Waals surface area contributed by atoms with E-state index in [1.807, 2.05) is 0 Å². The summed E-state index contributed by atoms with van der Waals surface area (Å²) in [5.74, 6) is 0. The summed E-state index contributed by atoms with van der Waals surface area (Å²) >= 11 is 0. The summed E-state index contributed by atoms with van der Waals surface area (Å²) < 4.78 is 4.92.